The molecule has 0 aliphatic carbocycles. The molecule has 1 fully saturated rings. The number of hydrogen-bond acceptors (Lipinski definition) is 5. The van der Waals surface area contributed by atoms with E-state index in [0.29, 0.717) is 30.3 Å². The highest BCUT2D eigenvalue weighted by Gasteiger charge is 2.43. The van der Waals surface area contributed by atoms with Crippen LogP contribution in [0.1, 0.15) is 6.92 Å². The highest BCUT2D eigenvalue weighted by atomic mass is 16.5. The summed E-state index contributed by atoms with van der Waals surface area (Å²) in [6, 6.07) is 4.88. The lowest BCUT2D eigenvalue weighted by molar-refractivity contribution is -0.0637. The van der Waals surface area contributed by atoms with Gasteiger partial charge >= 0.3 is 0 Å². The zero-order valence-corrected chi connectivity index (χ0v) is 11.3. The summed E-state index contributed by atoms with van der Waals surface area (Å²) >= 11 is 0. The van der Waals surface area contributed by atoms with Gasteiger partial charge in [0.15, 0.2) is 17.2 Å². The van der Waals surface area contributed by atoms with E-state index in [4.69, 9.17) is 16.0 Å². The Hall–Kier alpha value is -1.81. The summed E-state index contributed by atoms with van der Waals surface area (Å²) in [6.45, 7) is 9.63. The maximum atomic E-state index is 10.2. The van der Waals surface area contributed by atoms with E-state index in [1.54, 1.807) is 18.2 Å². The molecular weight excluding hydrogens is 260 g/mol. The third-order valence-corrected chi connectivity index (χ3v) is 3.26. The molecule has 1 aliphatic rings. The van der Waals surface area contributed by atoms with E-state index in [9.17, 15) is 10.2 Å². The van der Waals surface area contributed by atoms with Gasteiger partial charge in [-0.15, -0.1) is 0 Å². The van der Waals surface area contributed by atoms with Crippen molar-refractivity contribution >= 4 is 5.69 Å². The first-order chi connectivity index (χ1) is 9.62. The molecule has 0 amide bonds. The molecule has 1 aromatic rings. The number of ether oxygens (including phenoxy) is 2. The summed E-state index contributed by atoms with van der Waals surface area (Å²) in [6.07, 6.45) is -0.564. The van der Waals surface area contributed by atoms with Gasteiger partial charge < -0.3 is 25.0 Å². The second-order valence-electron chi connectivity index (χ2n) is 4.67. The number of β-amino-alcohol motifs (C(OH)–C–C–N with tert-alkyl or cyclic N) is 1. The van der Waals surface area contributed by atoms with Gasteiger partial charge in [0.1, 0.15) is 11.7 Å². The number of aliphatic hydroxyl groups excluding tert-OH is 1. The Morgan fingerprint density at radius 3 is 2.95 bits per heavy atom. The van der Waals surface area contributed by atoms with Crippen LogP contribution in [0.4, 0.5) is 5.69 Å². The molecule has 0 spiro atoms. The first-order valence-electron chi connectivity index (χ1n) is 6.48. The minimum Gasteiger partial charge on any atom is -0.491 e. The Bertz CT molecular complexity index is 514. The third-order valence-electron chi connectivity index (χ3n) is 3.26. The lowest BCUT2D eigenvalue weighted by Gasteiger charge is -2.28. The molecule has 20 heavy (non-hydrogen) atoms. The SMILES string of the molecule is [C-]#[N+]c1ccc(O[C@H]2CNC[C@@]2(O)CO)c(OCC)c1. The van der Waals surface area contributed by atoms with Crippen LogP contribution in [0, 0.1) is 6.57 Å². The molecule has 1 aliphatic heterocycles. The fourth-order valence-electron chi connectivity index (χ4n) is 2.12. The van der Waals surface area contributed by atoms with Gasteiger partial charge in [-0.3, -0.25) is 0 Å². The summed E-state index contributed by atoms with van der Waals surface area (Å²) in [7, 11) is 0. The fraction of sp³-hybridized carbons (Fsp3) is 0.500. The summed E-state index contributed by atoms with van der Waals surface area (Å²) in [5, 5.41) is 22.5. The van der Waals surface area contributed by atoms with E-state index in [0.717, 1.165) is 0 Å². The van der Waals surface area contributed by atoms with E-state index in [-0.39, 0.29) is 13.2 Å². The smallest absolute Gasteiger partial charge is 0.191 e. The van der Waals surface area contributed by atoms with Crippen LogP contribution < -0.4 is 14.8 Å². The van der Waals surface area contributed by atoms with Crippen LogP contribution in [0.15, 0.2) is 18.2 Å². The van der Waals surface area contributed by atoms with Crippen molar-refractivity contribution in [1.29, 1.82) is 0 Å². The molecule has 2 rings (SSSR count). The quantitative estimate of drug-likeness (QED) is 0.692. The van der Waals surface area contributed by atoms with Crippen molar-refractivity contribution < 1.29 is 19.7 Å². The van der Waals surface area contributed by atoms with Crippen LogP contribution in [-0.4, -0.2) is 48.2 Å². The second kappa shape index (κ2) is 6.09. The largest absolute Gasteiger partial charge is 0.491 e. The van der Waals surface area contributed by atoms with Crippen molar-refractivity contribution in [3.8, 4) is 11.5 Å². The van der Waals surface area contributed by atoms with Gasteiger partial charge in [-0.1, -0.05) is 6.07 Å². The van der Waals surface area contributed by atoms with E-state index >= 15 is 0 Å². The number of hydrogen-bond donors (Lipinski definition) is 3. The summed E-state index contributed by atoms with van der Waals surface area (Å²) in [5.41, 5.74) is -0.843. The third kappa shape index (κ3) is 2.85. The first-order valence-corrected chi connectivity index (χ1v) is 6.48. The molecule has 6 heteroatoms. The zero-order valence-electron chi connectivity index (χ0n) is 11.3. The van der Waals surface area contributed by atoms with Crippen LogP contribution in [0.5, 0.6) is 11.5 Å². The van der Waals surface area contributed by atoms with E-state index in [1.165, 1.54) is 0 Å². The van der Waals surface area contributed by atoms with Gasteiger partial charge in [0, 0.05) is 13.1 Å². The monoisotopic (exact) mass is 278 g/mol. The predicted molar refractivity (Wildman–Crippen MR) is 73.2 cm³/mol. The molecule has 0 aromatic heterocycles. The van der Waals surface area contributed by atoms with Crippen molar-refractivity contribution in [3.63, 3.8) is 0 Å². The molecule has 108 valence electrons. The summed E-state index contributed by atoms with van der Waals surface area (Å²) < 4.78 is 11.2. The zero-order chi connectivity index (χ0) is 14.6. The Kier molecular flexibility index (Phi) is 4.45. The number of rotatable bonds is 5. The number of nitrogens with zero attached hydrogens (tertiary/aromatic N) is 1. The molecule has 0 bridgehead atoms. The lowest BCUT2D eigenvalue weighted by Crippen LogP contribution is -2.48. The molecule has 1 heterocycles. The maximum Gasteiger partial charge on any atom is 0.191 e. The Morgan fingerprint density at radius 2 is 2.30 bits per heavy atom. The van der Waals surface area contributed by atoms with E-state index < -0.39 is 11.7 Å². The molecule has 0 radical (unpaired) electrons. The van der Waals surface area contributed by atoms with Gasteiger partial charge in [0.2, 0.25) is 0 Å². The maximum absolute atomic E-state index is 10.2. The molecule has 0 unspecified atom stereocenters. The van der Waals surface area contributed by atoms with Crippen molar-refractivity contribution in [1.82, 2.24) is 5.32 Å². The van der Waals surface area contributed by atoms with Gasteiger partial charge in [-0.25, -0.2) is 4.85 Å². The predicted octanol–water partition coefficient (Wildman–Crippen LogP) is 0.710. The first kappa shape index (κ1) is 14.6. The number of benzene rings is 1. The van der Waals surface area contributed by atoms with Crippen LogP contribution in [0.2, 0.25) is 0 Å². The van der Waals surface area contributed by atoms with Crippen LogP contribution in [-0.2, 0) is 0 Å². The highest BCUT2D eigenvalue weighted by molar-refractivity contribution is 5.55. The van der Waals surface area contributed by atoms with Crippen molar-refractivity contribution in [2.24, 2.45) is 0 Å². The van der Waals surface area contributed by atoms with Crippen molar-refractivity contribution in [3.05, 3.63) is 29.6 Å². The van der Waals surface area contributed by atoms with E-state index in [2.05, 4.69) is 10.2 Å². The highest BCUT2D eigenvalue weighted by Crippen LogP contribution is 2.34. The number of nitrogens with one attached hydrogen (secondary N) is 1. The minimum atomic E-state index is -1.30. The Morgan fingerprint density at radius 1 is 1.50 bits per heavy atom. The average Bonchev–Trinajstić information content (AvgIpc) is 2.83. The molecule has 3 N–H and O–H groups in total. The Labute approximate surface area is 117 Å². The topological polar surface area (TPSA) is 75.3 Å². The molecule has 1 saturated heterocycles. The number of aliphatic hydroxyl groups is 2. The molecule has 6 nitrogen and oxygen atoms in total. The molecular formula is C14H18N2O4. The van der Waals surface area contributed by atoms with Gasteiger partial charge in [0.05, 0.1) is 19.8 Å². The van der Waals surface area contributed by atoms with Crippen LogP contribution in [0.3, 0.4) is 0 Å². The van der Waals surface area contributed by atoms with Crippen LogP contribution in [0.25, 0.3) is 4.85 Å². The average molecular weight is 278 g/mol. The van der Waals surface area contributed by atoms with Gasteiger partial charge in [0.25, 0.3) is 0 Å². The fourth-order valence-corrected chi connectivity index (χ4v) is 2.12. The van der Waals surface area contributed by atoms with E-state index in [1.807, 2.05) is 6.92 Å². The minimum absolute atomic E-state index is 0.276. The summed E-state index contributed by atoms with van der Waals surface area (Å²) in [4.78, 5) is 3.34. The second-order valence-corrected chi connectivity index (χ2v) is 4.67. The molecule has 1 aromatic carbocycles. The van der Waals surface area contributed by atoms with Gasteiger partial charge in [-0.05, 0) is 19.1 Å². The molecule has 2 atom stereocenters. The Balaban J connectivity index is 2.22. The van der Waals surface area contributed by atoms with Gasteiger partial charge in [-0.2, -0.15) is 0 Å². The molecule has 0 saturated carbocycles. The van der Waals surface area contributed by atoms with Crippen molar-refractivity contribution in [2.75, 3.05) is 26.3 Å². The standard InChI is InChI=1S/C14H18N2O4/c1-3-19-12-6-10(15-2)4-5-11(12)20-13-7-16-8-14(13,18)9-17/h4-6,13,16-18H,3,7-9H2,1H3/t13-,14+/m0/s1. The van der Waals surface area contributed by atoms with Crippen molar-refractivity contribution in [2.45, 2.75) is 18.6 Å². The lowest BCUT2D eigenvalue weighted by atomic mass is 10.0. The normalized spacial score (nSPS) is 25.2. The van der Waals surface area contributed by atoms with Crippen LogP contribution >= 0.6 is 0 Å². The summed E-state index contributed by atoms with van der Waals surface area (Å²) in [5.74, 6) is 0.924.